The Balaban J connectivity index is 1.44. The molecule has 9 nitrogen and oxygen atoms in total. The van der Waals surface area contributed by atoms with Gasteiger partial charge in [0.15, 0.2) is 17.6 Å². The molecule has 1 atom stereocenters. The number of rotatable bonds is 8. The zero-order valence-electron chi connectivity index (χ0n) is 16.6. The molecule has 0 aliphatic carbocycles. The van der Waals surface area contributed by atoms with E-state index in [4.69, 9.17) is 18.9 Å². The molecule has 2 N–H and O–H groups in total. The Labute approximate surface area is 173 Å². The zero-order valence-corrected chi connectivity index (χ0v) is 16.6. The van der Waals surface area contributed by atoms with E-state index in [1.165, 1.54) is 6.92 Å². The number of amides is 2. The van der Waals surface area contributed by atoms with E-state index in [9.17, 15) is 14.4 Å². The van der Waals surface area contributed by atoms with E-state index in [1.807, 2.05) is 6.92 Å². The second-order valence-corrected chi connectivity index (χ2v) is 6.33. The summed E-state index contributed by atoms with van der Waals surface area (Å²) in [7, 11) is 0. The van der Waals surface area contributed by atoms with Gasteiger partial charge >= 0.3 is 5.97 Å². The molecule has 2 aromatic rings. The average Bonchev–Trinajstić information content (AvgIpc) is 3.20. The summed E-state index contributed by atoms with van der Waals surface area (Å²) in [4.78, 5) is 36.3. The molecular weight excluding hydrogens is 392 g/mol. The van der Waals surface area contributed by atoms with E-state index in [0.29, 0.717) is 35.1 Å². The highest BCUT2D eigenvalue weighted by atomic mass is 16.7. The summed E-state index contributed by atoms with van der Waals surface area (Å²) in [5, 5.41) is 5.09. The number of ether oxygens (including phenoxy) is 4. The fourth-order valence-corrected chi connectivity index (χ4v) is 2.63. The number of esters is 1. The number of fused-ring (bicyclic) bond motifs is 1. The normalized spacial score (nSPS) is 12.6. The Morgan fingerprint density at radius 3 is 2.53 bits per heavy atom. The van der Waals surface area contributed by atoms with Gasteiger partial charge in [0.2, 0.25) is 6.79 Å². The first kappa shape index (κ1) is 21.0. The first-order chi connectivity index (χ1) is 14.5. The largest absolute Gasteiger partial charge is 0.494 e. The monoisotopic (exact) mass is 414 g/mol. The van der Waals surface area contributed by atoms with Crippen molar-refractivity contribution >= 4 is 23.5 Å². The van der Waals surface area contributed by atoms with Crippen LogP contribution in [0.3, 0.4) is 0 Å². The Bertz CT molecular complexity index is 927. The molecule has 1 aliphatic heterocycles. The Morgan fingerprint density at radius 1 is 1.07 bits per heavy atom. The highest BCUT2D eigenvalue weighted by Crippen LogP contribution is 2.34. The van der Waals surface area contributed by atoms with Crippen LogP contribution in [0.1, 0.15) is 24.2 Å². The standard InChI is InChI=1S/C21H22N2O7/c1-3-27-16-7-4-14(5-8-16)21(26)22-11-19(24)30-13(2)20(25)23-15-6-9-17-18(10-15)29-12-28-17/h4-10,13H,3,11-12H2,1-2H3,(H,22,26)(H,23,25)/t13-/m1/s1. The molecule has 0 saturated heterocycles. The summed E-state index contributed by atoms with van der Waals surface area (Å²) >= 11 is 0. The van der Waals surface area contributed by atoms with E-state index in [-0.39, 0.29) is 13.3 Å². The first-order valence-corrected chi connectivity index (χ1v) is 9.37. The smallest absolute Gasteiger partial charge is 0.326 e. The number of hydrogen-bond acceptors (Lipinski definition) is 7. The highest BCUT2D eigenvalue weighted by molar-refractivity contribution is 5.97. The maximum Gasteiger partial charge on any atom is 0.326 e. The van der Waals surface area contributed by atoms with Crippen LogP contribution in [0.25, 0.3) is 0 Å². The maximum absolute atomic E-state index is 12.2. The van der Waals surface area contributed by atoms with Crippen molar-refractivity contribution in [2.45, 2.75) is 20.0 Å². The lowest BCUT2D eigenvalue weighted by molar-refractivity contribution is -0.152. The molecule has 0 unspecified atom stereocenters. The van der Waals surface area contributed by atoms with Crippen LogP contribution >= 0.6 is 0 Å². The van der Waals surface area contributed by atoms with Crippen LogP contribution in [-0.2, 0) is 14.3 Å². The average molecular weight is 414 g/mol. The van der Waals surface area contributed by atoms with Crippen LogP contribution in [0, 0.1) is 0 Å². The molecule has 3 rings (SSSR count). The van der Waals surface area contributed by atoms with E-state index in [2.05, 4.69) is 10.6 Å². The van der Waals surface area contributed by atoms with Gasteiger partial charge in [0.25, 0.3) is 11.8 Å². The zero-order chi connectivity index (χ0) is 21.5. The van der Waals surface area contributed by atoms with Crippen molar-refractivity contribution in [2.75, 3.05) is 25.3 Å². The molecular formula is C21H22N2O7. The molecule has 0 radical (unpaired) electrons. The summed E-state index contributed by atoms with van der Waals surface area (Å²) in [5.41, 5.74) is 0.857. The van der Waals surface area contributed by atoms with Crippen molar-refractivity contribution in [3.05, 3.63) is 48.0 Å². The maximum atomic E-state index is 12.2. The van der Waals surface area contributed by atoms with E-state index < -0.39 is 23.9 Å². The van der Waals surface area contributed by atoms with Gasteiger partial charge in [-0.3, -0.25) is 14.4 Å². The van der Waals surface area contributed by atoms with Gasteiger partial charge in [0.05, 0.1) is 6.61 Å². The van der Waals surface area contributed by atoms with Gasteiger partial charge in [-0.1, -0.05) is 0 Å². The van der Waals surface area contributed by atoms with Gasteiger partial charge in [0, 0.05) is 17.3 Å². The van der Waals surface area contributed by atoms with Crippen molar-refractivity contribution in [1.82, 2.24) is 5.32 Å². The molecule has 1 aliphatic rings. The Hall–Kier alpha value is -3.75. The van der Waals surface area contributed by atoms with Gasteiger partial charge < -0.3 is 29.6 Å². The van der Waals surface area contributed by atoms with Crippen molar-refractivity contribution in [3.8, 4) is 17.2 Å². The molecule has 0 spiro atoms. The summed E-state index contributed by atoms with van der Waals surface area (Å²) in [6.07, 6.45) is -1.05. The number of benzene rings is 2. The van der Waals surface area contributed by atoms with Gasteiger partial charge in [-0.05, 0) is 50.2 Å². The van der Waals surface area contributed by atoms with Gasteiger partial charge in [-0.25, -0.2) is 0 Å². The molecule has 2 aromatic carbocycles. The predicted molar refractivity (Wildman–Crippen MR) is 107 cm³/mol. The van der Waals surface area contributed by atoms with Crippen molar-refractivity contribution < 1.29 is 33.3 Å². The minimum absolute atomic E-state index is 0.128. The van der Waals surface area contributed by atoms with Crippen LogP contribution in [0.15, 0.2) is 42.5 Å². The van der Waals surface area contributed by atoms with Crippen LogP contribution in [0.4, 0.5) is 5.69 Å². The summed E-state index contributed by atoms with van der Waals surface area (Å²) in [6, 6.07) is 11.5. The second-order valence-electron chi connectivity index (χ2n) is 6.33. The van der Waals surface area contributed by atoms with Crippen molar-refractivity contribution in [2.24, 2.45) is 0 Å². The van der Waals surface area contributed by atoms with Crippen LogP contribution in [0.2, 0.25) is 0 Å². The minimum atomic E-state index is -1.05. The molecule has 0 fully saturated rings. The highest BCUT2D eigenvalue weighted by Gasteiger charge is 2.20. The Kier molecular flexibility index (Phi) is 6.74. The molecule has 158 valence electrons. The molecule has 0 saturated carbocycles. The third-order valence-electron chi connectivity index (χ3n) is 4.14. The molecule has 30 heavy (non-hydrogen) atoms. The van der Waals surface area contributed by atoms with Crippen molar-refractivity contribution in [3.63, 3.8) is 0 Å². The number of carbonyl (C=O) groups excluding carboxylic acids is 3. The summed E-state index contributed by atoms with van der Waals surface area (Å²) < 4.78 is 20.8. The number of anilines is 1. The predicted octanol–water partition coefficient (Wildman–Crippen LogP) is 2.11. The number of hydrogen-bond donors (Lipinski definition) is 2. The van der Waals surface area contributed by atoms with E-state index in [1.54, 1.807) is 42.5 Å². The van der Waals surface area contributed by atoms with Gasteiger partial charge in [0.1, 0.15) is 12.3 Å². The quantitative estimate of drug-likeness (QED) is 0.636. The molecule has 1 heterocycles. The third-order valence-corrected chi connectivity index (χ3v) is 4.14. The molecule has 9 heteroatoms. The Morgan fingerprint density at radius 2 is 1.80 bits per heavy atom. The second kappa shape index (κ2) is 9.64. The lowest BCUT2D eigenvalue weighted by Crippen LogP contribution is -2.35. The summed E-state index contributed by atoms with van der Waals surface area (Å²) in [5.74, 6) is 0.0797. The fourth-order valence-electron chi connectivity index (χ4n) is 2.63. The minimum Gasteiger partial charge on any atom is -0.494 e. The summed E-state index contributed by atoms with van der Waals surface area (Å²) in [6.45, 7) is 3.59. The van der Waals surface area contributed by atoms with Crippen LogP contribution in [0.5, 0.6) is 17.2 Å². The van der Waals surface area contributed by atoms with E-state index in [0.717, 1.165) is 0 Å². The lowest BCUT2D eigenvalue weighted by atomic mass is 10.2. The molecule has 0 aromatic heterocycles. The van der Waals surface area contributed by atoms with E-state index >= 15 is 0 Å². The third kappa shape index (κ3) is 5.40. The van der Waals surface area contributed by atoms with Gasteiger partial charge in [-0.2, -0.15) is 0 Å². The molecule has 2 amide bonds. The fraction of sp³-hybridized carbons (Fsp3) is 0.286. The van der Waals surface area contributed by atoms with Crippen molar-refractivity contribution in [1.29, 1.82) is 0 Å². The van der Waals surface area contributed by atoms with Crippen LogP contribution in [-0.4, -0.2) is 43.8 Å². The number of carbonyl (C=O) groups is 3. The topological polar surface area (TPSA) is 112 Å². The number of nitrogens with one attached hydrogen (secondary N) is 2. The van der Waals surface area contributed by atoms with Gasteiger partial charge in [-0.15, -0.1) is 0 Å². The first-order valence-electron chi connectivity index (χ1n) is 9.37. The molecule has 0 bridgehead atoms. The van der Waals surface area contributed by atoms with Crippen LogP contribution < -0.4 is 24.8 Å². The SMILES string of the molecule is CCOc1ccc(C(=O)NCC(=O)O[C@H](C)C(=O)Nc2ccc3c(c2)OCO3)cc1. The lowest BCUT2D eigenvalue weighted by Gasteiger charge is -2.14.